The average molecular weight is 277 g/mol. The number of rotatable bonds is 6. The summed E-state index contributed by atoms with van der Waals surface area (Å²) in [5.74, 6) is 2.54. The van der Waals surface area contributed by atoms with E-state index >= 15 is 0 Å². The highest BCUT2D eigenvalue weighted by Gasteiger charge is 2.21. The van der Waals surface area contributed by atoms with Gasteiger partial charge in [-0.3, -0.25) is 0 Å². The molecule has 1 N–H and O–H groups in total. The van der Waals surface area contributed by atoms with Crippen LogP contribution in [0.1, 0.15) is 45.1 Å². The van der Waals surface area contributed by atoms with Crippen LogP contribution < -0.4 is 14.8 Å². The van der Waals surface area contributed by atoms with Gasteiger partial charge in [-0.05, 0) is 56.8 Å². The Morgan fingerprint density at radius 3 is 2.80 bits per heavy atom. The molecule has 0 heterocycles. The molecule has 1 fully saturated rings. The van der Waals surface area contributed by atoms with Gasteiger partial charge in [0.1, 0.15) is 0 Å². The predicted octanol–water partition coefficient (Wildman–Crippen LogP) is 3.76. The van der Waals surface area contributed by atoms with Crippen molar-refractivity contribution in [1.82, 2.24) is 5.32 Å². The summed E-state index contributed by atoms with van der Waals surface area (Å²) in [6, 6.07) is 6.25. The molecule has 1 aromatic carbocycles. The molecule has 2 rings (SSSR count). The first-order valence-electron chi connectivity index (χ1n) is 7.80. The van der Waals surface area contributed by atoms with E-state index in [1.807, 2.05) is 14.0 Å². The third-order valence-electron chi connectivity index (χ3n) is 3.87. The van der Waals surface area contributed by atoms with Gasteiger partial charge in [-0.2, -0.15) is 0 Å². The Morgan fingerprint density at radius 2 is 2.10 bits per heavy atom. The second-order valence-electron chi connectivity index (χ2n) is 5.76. The molecule has 0 saturated heterocycles. The van der Waals surface area contributed by atoms with E-state index in [1.165, 1.54) is 18.4 Å². The molecule has 1 saturated carbocycles. The Hall–Kier alpha value is -1.22. The quantitative estimate of drug-likeness (QED) is 0.858. The first kappa shape index (κ1) is 15.2. The van der Waals surface area contributed by atoms with Crippen LogP contribution in [0.5, 0.6) is 11.5 Å². The normalized spacial score (nSPS) is 22.6. The highest BCUT2D eigenvalue weighted by Crippen LogP contribution is 2.33. The zero-order valence-corrected chi connectivity index (χ0v) is 12.9. The van der Waals surface area contributed by atoms with E-state index in [4.69, 9.17) is 9.47 Å². The number of ether oxygens (including phenoxy) is 2. The van der Waals surface area contributed by atoms with Crippen molar-refractivity contribution in [3.8, 4) is 11.5 Å². The Balaban J connectivity index is 2.08. The summed E-state index contributed by atoms with van der Waals surface area (Å²) < 4.78 is 11.9. The lowest BCUT2D eigenvalue weighted by Gasteiger charge is -2.28. The average Bonchev–Trinajstić information content (AvgIpc) is 2.42. The molecule has 1 aliphatic rings. The lowest BCUT2D eigenvalue weighted by Crippen LogP contribution is -2.24. The van der Waals surface area contributed by atoms with Crippen molar-refractivity contribution in [1.29, 1.82) is 0 Å². The lowest BCUT2D eigenvalue weighted by molar-refractivity contribution is 0.124. The van der Waals surface area contributed by atoms with E-state index in [2.05, 4.69) is 30.4 Å². The molecule has 0 bridgehead atoms. The molecule has 0 spiro atoms. The monoisotopic (exact) mass is 277 g/mol. The van der Waals surface area contributed by atoms with Crippen LogP contribution in [0.15, 0.2) is 18.2 Å². The summed E-state index contributed by atoms with van der Waals surface area (Å²) in [5, 5.41) is 3.16. The van der Waals surface area contributed by atoms with E-state index < -0.39 is 0 Å². The fraction of sp³-hybridized carbons (Fsp3) is 0.647. The second kappa shape index (κ2) is 7.53. The zero-order chi connectivity index (χ0) is 14.4. The summed E-state index contributed by atoms with van der Waals surface area (Å²) in [6.45, 7) is 5.84. The van der Waals surface area contributed by atoms with Crippen LogP contribution in [-0.4, -0.2) is 19.8 Å². The molecular weight excluding hydrogens is 250 g/mol. The van der Waals surface area contributed by atoms with E-state index in [-0.39, 0.29) is 0 Å². The van der Waals surface area contributed by atoms with Gasteiger partial charge in [-0.1, -0.05) is 19.4 Å². The molecule has 0 aliphatic heterocycles. The van der Waals surface area contributed by atoms with Gasteiger partial charge in [0.2, 0.25) is 0 Å². The first-order valence-corrected chi connectivity index (χ1v) is 7.80. The van der Waals surface area contributed by atoms with Crippen molar-refractivity contribution in [2.45, 2.75) is 52.2 Å². The van der Waals surface area contributed by atoms with Gasteiger partial charge in [0.15, 0.2) is 11.5 Å². The summed E-state index contributed by atoms with van der Waals surface area (Å²) >= 11 is 0. The number of hydrogen-bond acceptors (Lipinski definition) is 3. The van der Waals surface area contributed by atoms with Crippen LogP contribution in [0.2, 0.25) is 0 Å². The summed E-state index contributed by atoms with van der Waals surface area (Å²) in [4.78, 5) is 0. The Morgan fingerprint density at radius 1 is 1.25 bits per heavy atom. The SMILES string of the molecule is CCOc1cc(CNC)ccc1OC1CCCC(C)C1. The number of nitrogens with one attached hydrogen (secondary N) is 1. The van der Waals surface area contributed by atoms with Gasteiger partial charge in [0.25, 0.3) is 0 Å². The zero-order valence-electron chi connectivity index (χ0n) is 12.9. The van der Waals surface area contributed by atoms with E-state index in [1.54, 1.807) is 0 Å². The molecule has 112 valence electrons. The van der Waals surface area contributed by atoms with Crippen LogP contribution in [-0.2, 0) is 6.54 Å². The largest absolute Gasteiger partial charge is 0.490 e. The molecule has 20 heavy (non-hydrogen) atoms. The maximum atomic E-state index is 6.20. The van der Waals surface area contributed by atoms with Crippen LogP contribution in [0, 0.1) is 5.92 Å². The Kier molecular flexibility index (Phi) is 5.72. The molecule has 0 radical (unpaired) electrons. The van der Waals surface area contributed by atoms with E-state index in [0.717, 1.165) is 36.8 Å². The fourth-order valence-corrected chi connectivity index (χ4v) is 2.90. The van der Waals surface area contributed by atoms with Crippen molar-refractivity contribution in [2.24, 2.45) is 5.92 Å². The van der Waals surface area contributed by atoms with Crippen molar-refractivity contribution in [3.63, 3.8) is 0 Å². The minimum atomic E-state index is 0.341. The summed E-state index contributed by atoms with van der Waals surface area (Å²) in [5.41, 5.74) is 1.22. The molecule has 2 atom stereocenters. The smallest absolute Gasteiger partial charge is 0.161 e. The predicted molar refractivity (Wildman–Crippen MR) is 82.4 cm³/mol. The molecule has 0 aromatic heterocycles. The molecular formula is C17H27NO2. The first-order chi connectivity index (χ1) is 9.72. The summed E-state index contributed by atoms with van der Waals surface area (Å²) in [6.07, 6.45) is 5.26. The Labute approximate surface area is 122 Å². The minimum Gasteiger partial charge on any atom is -0.490 e. The Bertz CT molecular complexity index is 419. The van der Waals surface area contributed by atoms with Crippen LogP contribution in [0.3, 0.4) is 0 Å². The molecule has 0 amide bonds. The van der Waals surface area contributed by atoms with Gasteiger partial charge >= 0.3 is 0 Å². The van der Waals surface area contributed by atoms with Crippen LogP contribution in [0.4, 0.5) is 0 Å². The number of benzene rings is 1. The lowest BCUT2D eigenvalue weighted by atomic mass is 9.89. The number of hydrogen-bond donors (Lipinski definition) is 1. The standard InChI is InChI=1S/C17H27NO2/c1-4-19-17-11-14(12-18-3)8-9-16(17)20-15-7-5-6-13(2)10-15/h8-9,11,13,15,18H,4-7,10,12H2,1-3H3. The van der Waals surface area contributed by atoms with E-state index in [0.29, 0.717) is 12.7 Å². The third-order valence-corrected chi connectivity index (χ3v) is 3.87. The second-order valence-corrected chi connectivity index (χ2v) is 5.76. The molecule has 1 aromatic rings. The third kappa shape index (κ3) is 4.14. The van der Waals surface area contributed by atoms with E-state index in [9.17, 15) is 0 Å². The van der Waals surface area contributed by atoms with Crippen molar-refractivity contribution >= 4 is 0 Å². The highest BCUT2D eigenvalue weighted by atomic mass is 16.5. The minimum absolute atomic E-state index is 0.341. The molecule has 1 aliphatic carbocycles. The van der Waals surface area contributed by atoms with Gasteiger partial charge in [0, 0.05) is 6.54 Å². The van der Waals surface area contributed by atoms with Gasteiger partial charge in [0.05, 0.1) is 12.7 Å². The van der Waals surface area contributed by atoms with Crippen molar-refractivity contribution in [3.05, 3.63) is 23.8 Å². The highest BCUT2D eigenvalue weighted by molar-refractivity contribution is 5.43. The molecule has 3 heteroatoms. The van der Waals surface area contributed by atoms with Gasteiger partial charge < -0.3 is 14.8 Å². The van der Waals surface area contributed by atoms with Gasteiger partial charge in [-0.15, -0.1) is 0 Å². The molecule has 3 nitrogen and oxygen atoms in total. The van der Waals surface area contributed by atoms with Gasteiger partial charge in [-0.25, -0.2) is 0 Å². The molecule has 2 unspecified atom stereocenters. The van der Waals surface area contributed by atoms with Crippen molar-refractivity contribution in [2.75, 3.05) is 13.7 Å². The van der Waals surface area contributed by atoms with Crippen LogP contribution in [0.25, 0.3) is 0 Å². The topological polar surface area (TPSA) is 30.5 Å². The maximum Gasteiger partial charge on any atom is 0.161 e. The fourth-order valence-electron chi connectivity index (χ4n) is 2.90. The van der Waals surface area contributed by atoms with Crippen molar-refractivity contribution < 1.29 is 9.47 Å². The maximum absolute atomic E-state index is 6.20. The summed E-state index contributed by atoms with van der Waals surface area (Å²) in [7, 11) is 1.95. The van der Waals surface area contributed by atoms with Crippen LogP contribution >= 0.6 is 0 Å².